The number of pyridine rings is 1. The number of fused-ring (bicyclic) bond motifs is 2. The number of nitrogens with zero attached hydrogens (tertiary/aromatic N) is 3. The fourth-order valence-corrected chi connectivity index (χ4v) is 4.46. The quantitative estimate of drug-likeness (QED) is 0.638. The topological polar surface area (TPSA) is 57.0 Å². The third-order valence-corrected chi connectivity index (χ3v) is 5.83. The smallest absolute Gasteiger partial charge is 0.237 e. The number of anilines is 1. The fourth-order valence-electron chi connectivity index (χ4n) is 3.63. The fraction of sp³-hybridized carbons (Fsp3) is 0.227. The van der Waals surface area contributed by atoms with Gasteiger partial charge in [0, 0.05) is 17.6 Å². The number of hydrogen-bond acceptors (Lipinski definition) is 4. The summed E-state index contributed by atoms with van der Waals surface area (Å²) in [7, 11) is 0. The predicted octanol–water partition coefficient (Wildman–Crippen LogP) is 4.40. The monoisotopic (exact) mass is 373 g/mol. The molecule has 0 unspecified atom stereocenters. The number of aromatic nitrogens is 1. The number of thioether (sulfide) groups is 1. The van der Waals surface area contributed by atoms with Crippen molar-refractivity contribution in [1.82, 2.24) is 4.98 Å². The maximum absolute atomic E-state index is 12.8. The number of para-hydroxylation sites is 1. The van der Waals surface area contributed by atoms with Crippen LogP contribution in [0.5, 0.6) is 0 Å². The molecule has 0 bridgehead atoms. The molecule has 0 N–H and O–H groups in total. The molecule has 3 aromatic rings. The summed E-state index contributed by atoms with van der Waals surface area (Å²) in [5, 5.41) is 11.1. The van der Waals surface area contributed by atoms with Gasteiger partial charge in [-0.2, -0.15) is 5.26 Å². The molecule has 1 amide bonds. The number of carbonyl (C=O) groups is 1. The number of rotatable bonds is 3. The van der Waals surface area contributed by atoms with Crippen molar-refractivity contribution in [3.8, 4) is 6.07 Å². The van der Waals surface area contributed by atoms with Gasteiger partial charge in [-0.15, -0.1) is 0 Å². The van der Waals surface area contributed by atoms with Crippen LogP contribution in [0, 0.1) is 25.2 Å². The van der Waals surface area contributed by atoms with Gasteiger partial charge in [-0.25, -0.2) is 4.98 Å². The molecule has 1 aromatic heterocycles. The number of aryl methyl sites for hydroxylation is 2. The van der Waals surface area contributed by atoms with Gasteiger partial charge in [0.15, 0.2) is 0 Å². The van der Waals surface area contributed by atoms with Crippen LogP contribution < -0.4 is 4.90 Å². The van der Waals surface area contributed by atoms with E-state index in [1.807, 2.05) is 49.1 Å². The van der Waals surface area contributed by atoms with Crippen LogP contribution in [-0.2, 0) is 11.2 Å². The minimum atomic E-state index is 0.0522. The van der Waals surface area contributed by atoms with E-state index in [2.05, 4.69) is 18.2 Å². The summed E-state index contributed by atoms with van der Waals surface area (Å²) >= 11 is 1.34. The zero-order chi connectivity index (χ0) is 19.0. The molecular weight excluding hydrogens is 354 g/mol. The summed E-state index contributed by atoms with van der Waals surface area (Å²) in [6.07, 6.45) is 0.892. The Bertz CT molecular complexity index is 1100. The summed E-state index contributed by atoms with van der Waals surface area (Å²) in [6.45, 7) is 4.77. The van der Waals surface area contributed by atoms with Gasteiger partial charge in [-0.05, 0) is 49.6 Å². The molecule has 0 saturated heterocycles. The van der Waals surface area contributed by atoms with Gasteiger partial charge in [0.05, 0.1) is 16.8 Å². The van der Waals surface area contributed by atoms with E-state index in [4.69, 9.17) is 4.98 Å². The average molecular weight is 373 g/mol. The molecule has 2 aromatic carbocycles. The molecule has 4 rings (SSSR count). The van der Waals surface area contributed by atoms with Crippen molar-refractivity contribution in [2.24, 2.45) is 0 Å². The Morgan fingerprint density at radius 1 is 1.26 bits per heavy atom. The summed E-state index contributed by atoms with van der Waals surface area (Å²) in [5.41, 5.74) is 5.85. The van der Waals surface area contributed by atoms with Crippen molar-refractivity contribution in [2.75, 3.05) is 17.2 Å². The van der Waals surface area contributed by atoms with E-state index in [0.717, 1.165) is 34.1 Å². The molecule has 0 aliphatic carbocycles. The summed E-state index contributed by atoms with van der Waals surface area (Å²) in [6, 6.07) is 16.3. The van der Waals surface area contributed by atoms with Crippen molar-refractivity contribution in [1.29, 1.82) is 5.26 Å². The van der Waals surface area contributed by atoms with Crippen LogP contribution in [-0.4, -0.2) is 23.2 Å². The Morgan fingerprint density at radius 2 is 2.07 bits per heavy atom. The first-order chi connectivity index (χ1) is 13.1. The lowest BCUT2D eigenvalue weighted by Gasteiger charge is -2.17. The number of amides is 1. The predicted molar refractivity (Wildman–Crippen MR) is 109 cm³/mol. The van der Waals surface area contributed by atoms with Gasteiger partial charge in [0.1, 0.15) is 11.1 Å². The van der Waals surface area contributed by atoms with Gasteiger partial charge in [-0.3, -0.25) is 4.79 Å². The number of hydrogen-bond donors (Lipinski definition) is 0. The van der Waals surface area contributed by atoms with Crippen LogP contribution in [0.25, 0.3) is 10.9 Å². The number of benzene rings is 2. The molecule has 0 atom stereocenters. The minimum absolute atomic E-state index is 0.0522. The van der Waals surface area contributed by atoms with Crippen molar-refractivity contribution in [3.63, 3.8) is 0 Å². The van der Waals surface area contributed by atoms with Crippen LogP contribution in [0.4, 0.5) is 5.69 Å². The summed E-state index contributed by atoms with van der Waals surface area (Å²) < 4.78 is 0. The second-order valence-corrected chi connectivity index (χ2v) is 7.78. The minimum Gasteiger partial charge on any atom is -0.311 e. The highest BCUT2D eigenvalue weighted by Crippen LogP contribution is 2.30. The summed E-state index contributed by atoms with van der Waals surface area (Å²) in [5.74, 6) is 0.322. The standard InChI is InChI=1S/C22H19N3OS/c1-14-9-15(2)21-17(10-14)11-18(12-23)22(24-21)27-13-20(26)25-8-7-16-5-3-4-6-19(16)25/h3-6,9-11H,7-8,13H2,1-2H3. The Balaban J connectivity index is 1.59. The maximum atomic E-state index is 12.8. The van der Waals surface area contributed by atoms with Crippen LogP contribution in [0.2, 0.25) is 0 Å². The van der Waals surface area contributed by atoms with E-state index in [9.17, 15) is 10.1 Å². The molecule has 4 nitrogen and oxygen atoms in total. The Labute approximate surface area is 162 Å². The zero-order valence-electron chi connectivity index (χ0n) is 15.3. The molecule has 5 heteroatoms. The van der Waals surface area contributed by atoms with E-state index in [1.165, 1.54) is 17.3 Å². The van der Waals surface area contributed by atoms with Crippen molar-refractivity contribution < 1.29 is 4.79 Å². The summed E-state index contributed by atoms with van der Waals surface area (Å²) in [4.78, 5) is 19.3. The third-order valence-electron chi connectivity index (χ3n) is 4.86. The number of nitriles is 1. The van der Waals surface area contributed by atoms with Crippen LogP contribution in [0.15, 0.2) is 47.5 Å². The molecule has 0 spiro atoms. The first kappa shape index (κ1) is 17.6. The average Bonchev–Trinajstić information content (AvgIpc) is 3.09. The molecule has 0 saturated carbocycles. The second-order valence-electron chi connectivity index (χ2n) is 6.82. The van der Waals surface area contributed by atoms with E-state index < -0.39 is 0 Å². The lowest BCUT2D eigenvalue weighted by molar-refractivity contribution is -0.116. The SMILES string of the molecule is Cc1cc(C)c2nc(SCC(=O)N3CCc4ccccc43)c(C#N)cc2c1. The lowest BCUT2D eigenvalue weighted by Crippen LogP contribution is -2.30. The van der Waals surface area contributed by atoms with Crippen LogP contribution in [0.1, 0.15) is 22.3 Å². The van der Waals surface area contributed by atoms with Crippen LogP contribution >= 0.6 is 11.8 Å². The van der Waals surface area contributed by atoms with Crippen molar-refractivity contribution >= 4 is 34.3 Å². The Kier molecular flexibility index (Phi) is 4.59. The van der Waals surface area contributed by atoms with Crippen molar-refractivity contribution in [3.05, 3.63) is 64.7 Å². The van der Waals surface area contributed by atoms with Gasteiger partial charge in [0.2, 0.25) is 5.91 Å². The molecule has 134 valence electrons. The van der Waals surface area contributed by atoms with E-state index in [-0.39, 0.29) is 11.7 Å². The lowest BCUT2D eigenvalue weighted by atomic mass is 10.1. The second kappa shape index (κ2) is 7.05. The van der Waals surface area contributed by atoms with Gasteiger partial charge in [-0.1, -0.05) is 41.6 Å². The maximum Gasteiger partial charge on any atom is 0.237 e. The molecular formula is C22H19N3OS. The van der Waals surface area contributed by atoms with Gasteiger partial charge >= 0.3 is 0 Å². The van der Waals surface area contributed by atoms with E-state index >= 15 is 0 Å². The van der Waals surface area contributed by atoms with Gasteiger partial charge < -0.3 is 4.90 Å². The molecule has 1 aliphatic heterocycles. The third kappa shape index (κ3) is 3.29. The molecule has 0 fully saturated rings. The van der Waals surface area contributed by atoms with Crippen LogP contribution in [0.3, 0.4) is 0 Å². The molecule has 27 heavy (non-hydrogen) atoms. The largest absolute Gasteiger partial charge is 0.311 e. The highest BCUT2D eigenvalue weighted by Gasteiger charge is 2.24. The highest BCUT2D eigenvalue weighted by molar-refractivity contribution is 8.00. The first-order valence-electron chi connectivity index (χ1n) is 8.90. The zero-order valence-corrected chi connectivity index (χ0v) is 16.1. The first-order valence-corrected chi connectivity index (χ1v) is 9.88. The molecule has 0 radical (unpaired) electrons. The highest BCUT2D eigenvalue weighted by atomic mass is 32.2. The molecule has 1 aliphatic rings. The Hall–Kier alpha value is -2.84. The Morgan fingerprint density at radius 3 is 2.89 bits per heavy atom. The van der Waals surface area contributed by atoms with Crippen molar-refractivity contribution in [2.45, 2.75) is 25.3 Å². The normalized spacial score (nSPS) is 12.9. The van der Waals surface area contributed by atoms with Gasteiger partial charge in [0.25, 0.3) is 0 Å². The molecule has 2 heterocycles. The van der Waals surface area contributed by atoms with E-state index in [1.54, 1.807) is 0 Å². The van der Waals surface area contributed by atoms with E-state index in [0.29, 0.717) is 17.1 Å². The number of carbonyl (C=O) groups excluding carboxylic acids is 1.